The molecule has 0 saturated carbocycles. The molecule has 144 valence electrons. The fraction of sp³-hybridized carbons (Fsp3) is 0.478. The topological polar surface area (TPSA) is 36.4 Å². The number of carbonyl (C=O) groups is 1. The molecule has 1 saturated heterocycles. The number of rotatable bonds is 6. The minimum atomic E-state index is 0.0493. The van der Waals surface area contributed by atoms with Gasteiger partial charge in [-0.25, -0.2) is 0 Å². The number of piperidine rings is 1. The SMILES string of the molecule is CCC1CCCCN1c1cncc(C(=O)N(Cc2ccccc2)C(C)C)c1. The van der Waals surface area contributed by atoms with Gasteiger partial charge in [0.05, 0.1) is 17.4 Å². The molecule has 1 atom stereocenters. The molecule has 0 bridgehead atoms. The number of amides is 1. The molecule has 27 heavy (non-hydrogen) atoms. The van der Waals surface area contributed by atoms with E-state index in [-0.39, 0.29) is 11.9 Å². The zero-order valence-corrected chi connectivity index (χ0v) is 16.8. The number of hydrogen-bond acceptors (Lipinski definition) is 3. The summed E-state index contributed by atoms with van der Waals surface area (Å²) in [6, 6.07) is 12.9. The molecule has 1 unspecified atom stereocenters. The Bertz CT molecular complexity index is 744. The van der Waals surface area contributed by atoms with Crippen LogP contribution in [0.4, 0.5) is 5.69 Å². The lowest BCUT2D eigenvalue weighted by molar-refractivity contribution is 0.0690. The molecule has 2 aromatic rings. The lowest BCUT2D eigenvalue weighted by Gasteiger charge is -2.37. The molecule has 0 spiro atoms. The van der Waals surface area contributed by atoms with Crippen LogP contribution in [0.25, 0.3) is 0 Å². The van der Waals surface area contributed by atoms with Crippen LogP contribution in [-0.2, 0) is 6.54 Å². The molecule has 0 aliphatic carbocycles. The largest absolute Gasteiger partial charge is 0.367 e. The van der Waals surface area contributed by atoms with E-state index in [1.54, 1.807) is 6.20 Å². The normalized spacial score (nSPS) is 17.2. The van der Waals surface area contributed by atoms with Gasteiger partial charge >= 0.3 is 0 Å². The Morgan fingerprint density at radius 1 is 1.22 bits per heavy atom. The molecule has 1 fully saturated rings. The zero-order chi connectivity index (χ0) is 19.2. The number of aromatic nitrogens is 1. The van der Waals surface area contributed by atoms with Gasteiger partial charge in [-0.2, -0.15) is 0 Å². The Morgan fingerprint density at radius 3 is 2.70 bits per heavy atom. The Balaban J connectivity index is 1.82. The number of hydrogen-bond donors (Lipinski definition) is 0. The summed E-state index contributed by atoms with van der Waals surface area (Å²) in [5, 5.41) is 0. The summed E-state index contributed by atoms with van der Waals surface area (Å²) in [5.74, 6) is 0.0493. The van der Waals surface area contributed by atoms with Crippen LogP contribution in [0, 0.1) is 0 Å². The molecule has 1 amide bonds. The van der Waals surface area contributed by atoms with Crippen molar-refractivity contribution in [2.75, 3.05) is 11.4 Å². The predicted octanol–water partition coefficient (Wildman–Crippen LogP) is 4.90. The van der Waals surface area contributed by atoms with Crippen LogP contribution in [0.1, 0.15) is 62.4 Å². The quantitative estimate of drug-likeness (QED) is 0.730. The first-order valence-corrected chi connectivity index (χ1v) is 10.2. The maximum absolute atomic E-state index is 13.2. The van der Waals surface area contributed by atoms with Crippen molar-refractivity contribution in [2.24, 2.45) is 0 Å². The summed E-state index contributed by atoms with van der Waals surface area (Å²) in [7, 11) is 0. The van der Waals surface area contributed by atoms with Gasteiger partial charge in [0.25, 0.3) is 5.91 Å². The van der Waals surface area contributed by atoms with Gasteiger partial charge in [0.15, 0.2) is 0 Å². The second kappa shape index (κ2) is 9.03. The summed E-state index contributed by atoms with van der Waals surface area (Å²) in [5.41, 5.74) is 2.90. The van der Waals surface area contributed by atoms with Crippen LogP contribution < -0.4 is 4.90 Å². The van der Waals surface area contributed by atoms with Crippen molar-refractivity contribution in [3.63, 3.8) is 0 Å². The van der Waals surface area contributed by atoms with E-state index in [0.29, 0.717) is 18.2 Å². The van der Waals surface area contributed by atoms with Crippen LogP contribution in [0.2, 0.25) is 0 Å². The van der Waals surface area contributed by atoms with Gasteiger partial charge in [0, 0.05) is 31.4 Å². The first-order chi connectivity index (χ1) is 13.1. The van der Waals surface area contributed by atoms with E-state index in [4.69, 9.17) is 0 Å². The summed E-state index contributed by atoms with van der Waals surface area (Å²) in [6.45, 7) is 8.04. The number of benzene rings is 1. The molecule has 3 rings (SSSR count). The molecule has 4 nitrogen and oxygen atoms in total. The van der Waals surface area contributed by atoms with Crippen molar-refractivity contribution in [3.8, 4) is 0 Å². The Hall–Kier alpha value is -2.36. The summed E-state index contributed by atoms with van der Waals surface area (Å²) in [4.78, 5) is 22.0. The van der Waals surface area contributed by atoms with E-state index >= 15 is 0 Å². The second-order valence-electron chi connectivity index (χ2n) is 7.70. The number of nitrogens with zero attached hydrogens (tertiary/aromatic N) is 3. The van der Waals surface area contributed by atoms with Crippen molar-refractivity contribution in [1.82, 2.24) is 9.88 Å². The van der Waals surface area contributed by atoms with E-state index < -0.39 is 0 Å². The van der Waals surface area contributed by atoms with Crippen molar-refractivity contribution in [2.45, 2.75) is 65.1 Å². The van der Waals surface area contributed by atoms with Gasteiger partial charge in [0.2, 0.25) is 0 Å². The van der Waals surface area contributed by atoms with Gasteiger partial charge in [0.1, 0.15) is 0 Å². The molecule has 1 aromatic carbocycles. The van der Waals surface area contributed by atoms with Gasteiger partial charge in [-0.05, 0) is 51.2 Å². The zero-order valence-electron chi connectivity index (χ0n) is 16.8. The van der Waals surface area contributed by atoms with Crippen LogP contribution in [0.15, 0.2) is 48.8 Å². The van der Waals surface area contributed by atoms with Crippen LogP contribution in [0.3, 0.4) is 0 Å². The third kappa shape index (κ3) is 4.68. The van der Waals surface area contributed by atoms with Gasteiger partial charge in [-0.1, -0.05) is 37.3 Å². The third-order valence-electron chi connectivity index (χ3n) is 5.48. The van der Waals surface area contributed by atoms with Crippen LogP contribution in [0.5, 0.6) is 0 Å². The van der Waals surface area contributed by atoms with Crippen molar-refractivity contribution >= 4 is 11.6 Å². The Morgan fingerprint density at radius 2 is 2.00 bits per heavy atom. The van der Waals surface area contributed by atoms with Gasteiger partial charge in [-0.15, -0.1) is 0 Å². The Kier molecular flexibility index (Phi) is 6.49. The number of anilines is 1. The van der Waals surface area contributed by atoms with Gasteiger partial charge in [-0.3, -0.25) is 9.78 Å². The monoisotopic (exact) mass is 365 g/mol. The highest BCUT2D eigenvalue weighted by Crippen LogP contribution is 2.27. The predicted molar refractivity (Wildman–Crippen MR) is 111 cm³/mol. The average molecular weight is 366 g/mol. The molecule has 1 aromatic heterocycles. The van der Waals surface area contributed by atoms with Crippen molar-refractivity contribution in [1.29, 1.82) is 0 Å². The maximum Gasteiger partial charge on any atom is 0.256 e. The van der Waals surface area contributed by atoms with E-state index in [0.717, 1.165) is 24.2 Å². The van der Waals surface area contributed by atoms with E-state index in [9.17, 15) is 4.79 Å². The van der Waals surface area contributed by atoms with Crippen LogP contribution in [-0.4, -0.2) is 34.4 Å². The fourth-order valence-corrected chi connectivity index (χ4v) is 3.90. The minimum absolute atomic E-state index is 0.0493. The molecular formula is C23H31N3O. The first-order valence-electron chi connectivity index (χ1n) is 10.2. The first kappa shape index (κ1) is 19.4. The Labute approximate surface area is 163 Å². The second-order valence-corrected chi connectivity index (χ2v) is 7.70. The van der Waals surface area contributed by atoms with E-state index in [1.165, 1.54) is 19.3 Å². The highest BCUT2D eigenvalue weighted by Gasteiger charge is 2.24. The smallest absolute Gasteiger partial charge is 0.256 e. The summed E-state index contributed by atoms with van der Waals surface area (Å²) in [6.07, 6.45) is 8.46. The van der Waals surface area contributed by atoms with Crippen molar-refractivity contribution in [3.05, 3.63) is 59.9 Å². The standard InChI is InChI=1S/C23H31N3O/c1-4-21-12-8-9-13-25(21)22-14-20(15-24-16-22)23(27)26(18(2)3)17-19-10-6-5-7-11-19/h5-7,10-11,14-16,18,21H,4,8-9,12-13,17H2,1-3H3. The molecule has 0 N–H and O–H groups in total. The average Bonchev–Trinajstić information content (AvgIpc) is 2.72. The van der Waals surface area contributed by atoms with E-state index in [2.05, 4.69) is 42.8 Å². The molecule has 1 aliphatic rings. The molecule has 1 aliphatic heterocycles. The fourth-order valence-electron chi connectivity index (χ4n) is 3.90. The van der Waals surface area contributed by atoms with E-state index in [1.807, 2.05) is 35.4 Å². The van der Waals surface area contributed by atoms with Crippen LogP contribution >= 0.6 is 0 Å². The molecule has 4 heteroatoms. The van der Waals surface area contributed by atoms with Crippen molar-refractivity contribution < 1.29 is 4.79 Å². The molecule has 0 radical (unpaired) electrons. The number of pyridine rings is 1. The highest BCUT2D eigenvalue weighted by atomic mass is 16.2. The number of carbonyl (C=O) groups excluding carboxylic acids is 1. The van der Waals surface area contributed by atoms with Gasteiger partial charge < -0.3 is 9.80 Å². The lowest BCUT2D eigenvalue weighted by atomic mass is 9.99. The summed E-state index contributed by atoms with van der Waals surface area (Å²) < 4.78 is 0. The minimum Gasteiger partial charge on any atom is -0.367 e. The maximum atomic E-state index is 13.2. The lowest BCUT2D eigenvalue weighted by Crippen LogP contribution is -2.39. The third-order valence-corrected chi connectivity index (χ3v) is 5.48. The highest BCUT2D eigenvalue weighted by molar-refractivity contribution is 5.95. The molecule has 2 heterocycles. The summed E-state index contributed by atoms with van der Waals surface area (Å²) >= 11 is 0. The molecular weight excluding hydrogens is 334 g/mol.